The van der Waals surface area contributed by atoms with Gasteiger partial charge in [0.15, 0.2) is 6.10 Å². The second kappa shape index (κ2) is 57.2. The first-order chi connectivity index (χ1) is 34.0. The van der Waals surface area contributed by atoms with Gasteiger partial charge in [0.25, 0.3) is 0 Å². The molecule has 0 bridgehead atoms. The van der Waals surface area contributed by atoms with E-state index in [-0.39, 0.29) is 37.5 Å². The lowest BCUT2D eigenvalue weighted by molar-refractivity contribution is -0.167. The molecular weight excluding hydrogens is 853 g/mol. The maximum absolute atomic E-state index is 12.8. The van der Waals surface area contributed by atoms with Crippen molar-refractivity contribution < 1.29 is 28.6 Å². The van der Waals surface area contributed by atoms with Gasteiger partial charge in [0, 0.05) is 19.3 Å². The van der Waals surface area contributed by atoms with E-state index in [9.17, 15) is 14.4 Å². The predicted octanol–water partition coefficient (Wildman–Crippen LogP) is 19.5. The molecule has 0 fully saturated rings. The highest BCUT2D eigenvalue weighted by Crippen LogP contribution is 2.15. The molecule has 0 rings (SSSR count). The second-order valence-corrected chi connectivity index (χ2v) is 19.2. The van der Waals surface area contributed by atoms with Crippen molar-refractivity contribution in [3.05, 3.63) is 85.1 Å². The predicted molar refractivity (Wildman–Crippen MR) is 297 cm³/mol. The highest BCUT2D eigenvalue weighted by atomic mass is 16.6. The fourth-order valence-electron chi connectivity index (χ4n) is 8.00. The van der Waals surface area contributed by atoms with Gasteiger partial charge in [-0.2, -0.15) is 0 Å². The van der Waals surface area contributed by atoms with Crippen molar-refractivity contribution in [2.75, 3.05) is 13.2 Å². The Kier molecular flexibility index (Phi) is 54.3. The van der Waals surface area contributed by atoms with Crippen LogP contribution in [0.15, 0.2) is 85.1 Å². The van der Waals surface area contributed by atoms with Gasteiger partial charge in [-0.25, -0.2) is 0 Å². The Morgan fingerprint density at radius 1 is 0.304 bits per heavy atom. The van der Waals surface area contributed by atoms with Gasteiger partial charge < -0.3 is 14.2 Å². The molecule has 0 heterocycles. The largest absolute Gasteiger partial charge is 0.462 e. The van der Waals surface area contributed by atoms with E-state index in [0.29, 0.717) is 19.3 Å². The summed E-state index contributed by atoms with van der Waals surface area (Å²) in [5.41, 5.74) is 0. The van der Waals surface area contributed by atoms with E-state index in [1.165, 1.54) is 148 Å². The molecule has 0 saturated carbocycles. The lowest BCUT2D eigenvalue weighted by Crippen LogP contribution is -2.30. The van der Waals surface area contributed by atoms with Crippen LogP contribution < -0.4 is 0 Å². The molecule has 0 amide bonds. The fourth-order valence-corrected chi connectivity index (χ4v) is 8.00. The van der Waals surface area contributed by atoms with Gasteiger partial charge in [-0.1, -0.05) is 234 Å². The monoisotopic (exact) mass is 961 g/mol. The molecule has 0 N–H and O–H groups in total. The number of carbonyl (C=O) groups is 3. The van der Waals surface area contributed by atoms with Gasteiger partial charge in [0.05, 0.1) is 0 Å². The van der Waals surface area contributed by atoms with Gasteiger partial charge in [-0.3, -0.25) is 14.4 Å². The normalized spacial score (nSPS) is 12.7. The van der Waals surface area contributed by atoms with E-state index in [2.05, 4.69) is 106 Å². The third-order valence-corrected chi connectivity index (χ3v) is 12.4. The Morgan fingerprint density at radius 2 is 0.580 bits per heavy atom. The van der Waals surface area contributed by atoms with Crippen molar-refractivity contribution in [3.8, 4) is 0 Å². The van der Waals surface area contributed by atoms with Gasteiger partial charge in [-0.15, -0.1) is 0 Å². The van der Waals surface area contributed by atoms with Gasteiger partial charge in [-0.05, 0) is 109 Å². The Bertz CT molecular complexity index is 1330. The average molecular weight is 962 g/mol. The Hall–Kier alpha value is -3.41. The molecule has 0 unspecified atom stereocenters. The highest BCUT2D eigenvalue weighted by molar-refractivity contribution is 5.71. The number of hydrogen-bond donors (Lipinski definition) is 0. The van der Waals surface area contributed by atoms with E-state index in [4.69, 9.17) is 14.2 Å². The summed E-state index contributed by atoms with van der Waals surface area (Å²) in [5, 5.41) is 0. The number of carbonyl (C=O) groups excluding carboxylic acids is 3. The van der Waals surface area contributed by atoms with Crippen LogP contribution in [-0.4, -0.2) is 37.2 Å². The fraction of sp³-hybridized carbons (Fsp3) is 0.730. The van der Waals surface area contributed by atoms with Crippen LogP contribution in [0.2, 0.25) is 0 Å². The third kappa shape index (κ3) is 55.4. The first-order valence-corrected chi connectivity index (χ1v) is 29.1. The van der Waals surface area contributed by atoms with Gasteiger partial charge >= 0.3 is 17.9 Å². The van der Waals surface area contributed by atoms with E-state index < -0.39 is 6.10 Å². The van der Waals surface area contributed by atoms with Gasteiger partial charge in [0.2, 0.25) is 0 Å². The van der Waals surface area contributed by atoms with Crippen molar-refractivity contribution in [2.24, 2.45) is 0 Å². The minimum Gasteiger partial charge on any atom is -0.462 e. The molecule has 0 aromatic heterocycles. The Morgan fingerprint density at radius 3 is 0.942 bits per heavy atom. The molecule has 0 saturated heterocycles. The molecular formula is C63H108O6. The molecule has 0 aromatic carbocycles. The average Bonchev–Trinajstić information content (AvgIpc) is 3.35. The number of unbranched alkanes of at least 4 members (excludes halogenated alkanes) is 27. The van der Waals surface area contributed by atoms with E-state index in [0.717, 1.165) is 83.5 Å². The molecule has 0 radical (unpaired) electrons. The minimum atomic E-state index is -0.811. The quantitative estimate of drug-likeness (QED) is 0.0262. The van der Waals surface area contributed by atoms with Crippen LogP contribution >= 0.6 is 0 Å². The van der Waals surface area contributed by atoms with Crippen molar-refractivity contribution in [1.29, 1.82) is 0 Å². The number of hydrogen-bond acceptors (Lipinski definition) is 6. The van der Waals surface area contributed by atoms with E-state index in [1.807, 2.05) is 0 Å². The zero-order valence-corrected chi connectivity index (χ0v) is 45.3. The van der Waals surface area contributed by atoms with E-state index in [1.54, 1.807) is 0 Å². The molecule has 396 valence electrons. The van der Waals surface area contributed by atoms with Crippen molar-refractivity contribution in [2.45, 2.75) is 284 Å². The number of allylic oxidation sites excluding steroid dienone is 14. The zero-order valence-electron chi connectivity index (χ0n) is 45.3. The summed E-state index contributed by atoms with van der Waals surface area (Å²) in [6.07, 6.45) is 74.4. The molecule has 0 spiro atoms. The third-order valence-electron chi connectivity index (χ3n) is 12.4. The molecule has 0 aliphatic carbocycles. The zero-order chi connectivity index (χ0) is 50.0. The number of esters is 3. The summed E-state index contributed by atoms with van der Waals surface area (Å²) in [5.74, 6) is -0.966. The summed E-state index contributed by atoms with van der Waals surface area (Å²) in [7, 11) is 0. The lowest BCUT2D eigenvalue weighted by atomic mass is 10.1. The molecule has 1 atom stereocenters. The van der Waals surface area contributed by atoms with E-state index >= 15 is 0 Å². The minimum absolute atomic E-state index is 0.102. The highest BCUT2D eigenvalue weighted by Gasteiger charge is 2.19. The Balaban J connectivity index is 4.46. The molecule has 6 heteroatoms. The van der Waals surface area contributed by atoms with Crippen molar-refractivity contribution >= 4 is 17.9 Å². The molecule has 69 heavy (non-hydrogen) atoms. The van der Waals surface area contributed by atoms with Crippen LogP contribution in [0, 0.1) is 0 Å². The summed E-state index contributed by atoms with van der Waals surface area (Å²) < 4.78 is 16.8. The number of rotatable bonds is 52. The first kappa shape index (κ1) is 65.6. The van der Waals surface area contributed by atoms with Crippen LogP contribution in [0.5, 0.6) is 0 Å². The van der Waals surface area contributed by atoms with Crippen LogP contribution in [-0.2, 0) is 28.6 Å². The first-order valence-electron chi connectivity index (χ1n) is 29.1. The summed E-state index contributed by atoms with van der Waals surface area (Å²) in [4.78, 5) is 38.1. The van der Waals surface area contributed by atoms with Crippen molar-refractivity contribution in [3.63, 3.8) is 0 Å². The van der Waals surface area contributed by atoms with Crippen molar-refractivity contribution in [1.82, 2.24) is 0 Å². The maximum Gasteiger partial charge on any atom is 0.306 e. The maximum atomic E-state index is 12.8. The standard InChI is InChI=1S/C63H108O6/c1-4-7-10-13-16-19-22-25-28-30-31-33-35-38-41-44-47-50-53-56-62(65)68-59-60(58-67-61(64)55-52-49-46-43-40-37-34-27-24-21-18-15-12-9-6-3)69-63(66)57-54-51-48-45-42-39-36-32-29-26-23-20-17-14-11-8-5-2/h8,11,17,20,25-29,34,36,39,45,48,60H,4-7,9-10,12-16,18-19,21-24,30-33,35,37-38,40-44,46-47,49-59H2,1-3H3/b11-8-,20-17-,28-25-,29-26-,34-27-,39-36-,48-45-/t60-/m0/s1. The summed E-state index contributed by atoms with van der Waals surface area (Å²) in [6, 6.07) is 0. The number of ether oxygens (including phenoxy) is 3. The summed E-state index contributed by atoms with van der Waals surface area (Å²) in [6.45, 7) is 6.48. The molecule has 0 aliphatic rings. The molecule has 6 nitrogen and oxygen atoms in total. The molecule has 0 aliphatic heterocycles. The Labute approximate surface area is 426 Å². The van der Waals surface area contributed by atoms with Crippen LogP contribution in [0.25, 0.3) is 0 Å². The lowest BCUT2D eigenvalue weighted by Gasteiger charge is -2.18. The summed E-state index contributed by atoms with van der Waals surface area (Å²) >= 11 is 0. The topological polar surface area (TPSA) is 78.9 Å². The smallest absolute Gasteiger partial charge is 0.306 e. The SMILES string of the molecule is CC/C=C\C/C=C\C/C=C\C/C=C\C/C=C\CCCC(=O)O[C@@H](COC(=O)CCCCCCC/C=C\CCCCCCCC)COC(=O)CCCCCCCCCCC/C=C\CCCCCCCC. The van der Waals surface area contributed by atoms with Crippen LogP contribution in [0.3, 0.4) is 0 Å². The van der Waals surface area contributed by atoms with Crippen LogP contribution in [0.1, 0.15) is 278 Å². The second-order valence-electron chi connectivity index (χ2n) is 19.2. The molecule has 0 aromatic rings. The van der Waals surface area contributed by atoms with Gasteiger partial charge in [0.1, 0.15) is 13.2 Å². The van der Waals surface area contributed by atoms with Crippen LogP contribution in [0.4, 0.5) is 0 Å².